The van der Waals surface area contributed by atoms with E-state index in [1.54, 1.807) is 17.9 Å². The minimum Gasteiger partial charge on any atom is -0.472 e. The van der Waals surface area contributed by atoms with Gasteiger partial charge in [0.15, 0.2) is 0 Å². The Bertz CT molecular complexity index is 947. The van der Waals surface area contributed by atoms with Crippen molar-refractivity contribution in [2.75, 3.05) is 13.1 Å². The molecule has 1 aromatic heterocycles. The van der Waals surface area contributed by atoms with Gasteiger partial charge in [-0.15, -0.1) is 0 Å². The number of benzene rings is 1. The Labute approximate surface area is 156 Å². The molecule has 0 unspecified atom stereocenters. The van der Waals surface area contributed by atoms with Crippen LogP contribution >= 0.6 is 0 Å². The first-order valence-corrected chi connectivity index (χ1v) is 9.85. The first-order valence-electron chi connectivity index (χ1n) is 8.37. The van der Waals surface area contributed by atoms with Crippen molar-refractivity contribution in [3.8, 4) is 0 Å². The van der Waals surface area contributed by atoms with Crippen LogP contribution in [0.1, 0.15) is 28.8 Å². The molecule has 9 nitrogen and oxygen atoms in total. The average molecular weight is 393 g/mol. The molecule has 2 heterocycles. The normalized spacial score (nSPS) is 15.7. The van der Waals surface area contributed by atoms with Gasteiger partial charge in [0.05, 0.1) is 21.6 Å². The maximum atomic E-state index is 12.6. The average Bonchev–Trinajstić information content (AvgIpc) is 3.16. The molecule has 0 spiro atoms. The van der Waals surface area contributed by atoms with Crippen LogP contribution in [0.4, 0.5) is 5.69 Å². The number of hydrogen-bond acceptors (Lipinski definition) is 6. The minimum atomic E-state index is -3.89. The zero-order valence-electron chi connectivity index (χ0n) is 14.6. The molecule has 10 heteroatoms. The maximum absolute atomic E-state index is 12.6. The highest BCUT2D eigenvalue weighted by Crippen LogP contribution is 2.23. The molecule has 1 aliphatic heterocycles. The Hall–Kier alpha value is -2.72. The van der Waals surface area contributed by atoms with E-state index in [1.165, 1.54) is 24.7 Å². The number of nitro groups is 1. The number of carbonyl (C=O) groups is 1. The van der Waals surface area contributed by atoms with Crippen LogP contribution in [0.3, 0.4) is 0 Å². The Kier molecular flexibility index (Phi) is 5.29. The highest BCUT2D eigenvalue weighted by atomic mass is 32.2. The number of rotatable bonds is 5. The van der Waals surface area contributed by atoms with Gasteiger partial charge < -0.3 is 9.32 Å². The summed E-state index contributed by atoms with van der Waals surface area (Å²) in [6.07, 6.45) is 3.71. The van der Waals surface area contributed by atoms with Crippen LogP contribution in [0, 0.1) is 17.0 Å². The number of likely N-dealkylation sites (tertiary alicyclic amines) is 1. The third kappa shape index (κ3) is 4.17. The number of amides is 1. The topological polar surface area (TPSA) is 123 Å². The fraction of sp³-hybridized carbons (Fsp3) is 0.353. The molecule has 0 bridgehead atoms. The van der Waals surface area contributed by atoms with Crippen molar-refractivity contribution in [3.63, 3.8) is 0 Å². The van der Waals surface area contributed by atoms with Crippen molar-refractivity contribution < 1.29 is 22.6 Å². The molecule has 0 atom stereocenters. The zero-order chi connectivity index (χ0) is 19.6. The lowest BCUT2D eigenvalue weighted by atomic mass is 10.1. The van der Waals surface area contributed by atoms with E-state index < -0.39 is 14.9 Å². The van der Waals surface area contributed by atoms with Crippen molar-refractivity contribution in [1.82, 2.24) is 9.62 Å². The van der Waals surface area contributed by atoms with Crippen molar-refractivity contribution in [1.29, 1.82) is 0 Å². The lowest BCUT2D eigenvalue weighted by molar-refractivity contribution is -0.385. The van der Waals surface area contributed by atoms with Gasteiger partial charge in [0.2, 0.25) is 10.0 Å². The molecule has 144 valence electrons. The SMILES string of the molecule is Cc1ccc(S(=O)(=O)NC2CCN(C(=O)c3ccoc3)CC2)cc1[N+](=O)[O-]. The summed E-state index contributed by atoms with van der Waals surface area (Å²) < 4.78 is 32.6. The molecule has 1 aromatic carbocycles. The van der Waals surface area contributed by atoms with Crippen molar-refractivity contribution in [2.24, 2.45) is 0 Å². The summed E-state index contributed by atoms with van der Waals surface area (Å²) in [5.41, 5.74) is 0.615. The predicted octanol–water partition coefficient (Wildman–Crippen LogP) is 2.08. The molecule has 1 amide bonds. The Balaban J connectivity index is 1.65. The van der Waals surface area contributed by atoms with E-state index in [9.17, 15) is 23.3 Å². The summed E-state index contributed by atoms with van der Waals surface area (Å²) >= 11 is 0. The predicted molar refractivity (Wildman–Crippen MR) is 95.8 cm³/mol. The second-order valence-electron chi connectivity index (χ2n) is 6.41. The van der Waals surface area contributed by atoms with E-state index >= 15 is 0 Å². The third-order valence-electron chi connectivity index (χ3n) is 4.56. The monoisotopic (exact) mass is 393 g/mol. The molecule has 0 saturated carbocycles. The lowest BCUT2D eigenvalue weighted by Gasteiger charge is -2.32. The summed E-state index contributed by atoms with van der Waals surface area (Å²) in [5, 5.41) is 11.0. The minimum absolute atomic E-state index is 0.142. The molecular formula is C17H19N3O6S. The van der Waals surface area contributed by atoms with Gasteiger partial charge in [-0.3, -0.25) is 14.9 Å². The van der Waals surface area contributed by atoms with Crippen LogP contribution in [0.2, 0.25) is 0 Å². The fourth-order valence-corrected chi connectivity index (χ4v) is 4.33. The number of carbonyl (C=O) groups excluding carboxylic acids is 1. The number of nitro benzene ring substituents is 1. The van der Waals surface area contributed by atoms with E-state index in [1.807, 2.05) is 0 Å². The second-order valence-corrected chi connectivity index (χ2v) is 8.12. The van der Waals surface area contributed by atoms with E-state index in [0.717, 1.165) is 6.07 Å². The molecule has 0 radical (unpaired) electrons. The first kappa shape index (κ1) is 19.1. The highest BCUT2D eigenvalue weighted by molar-refractivity contribution is 7.89. The highest BCUT2D eigenvalue weighted by Gasteiger charge is 2.28. The van der Waals surface area contributed by atoms with Crippen LogP contribution < -0.4 is 4.72 Å². The summed E-state index contributed by atoms with van der Waals surface area (Å²) in [6.45, 7) is 2.37. The number of nitrogens with one attached hydrogen (secondary N) is 1. The number of hydrogen-bond donors (Lipinski definition) is 1. The van der Waals surface area contributed by atoms with Gasteiger partial charge in [0, 0.05) is 30.8 Å². The smallest absolute Gasteiger partial charge is 0.273 e. The quantitative estimate of drug-likeness (QED) is 0.613. The Morgan fingerprint density at radius 2 is 2.00 bits per heavy atom. The van der Waals surface area contributed by atoms with Gasteiger partial charge in [-0.1, -0.05) is 6.07 Å². The van der Waals surface area contributed by atoms with E-state index in [-0.39, 0.29) is 22.5 Å². The standard InChI is InChI=1S/C17H19N3O6S/c1-12-2-3-15(10-16(12)20(22)23)27(24,25)18-14-4-7-19(8-5-14)17(21)13-6-9-26-11-13/h2-3,6,9-11,14,18H,4-5,7-8H2,1H3. The summed E-state index contributed by atoms with van der Waals surface area (Å²) in [7, 11) is -3.89. The maximum Gasteiger partial charge on any atom is 0.273 e. The van der Waals surface area contributed by atoms with E-state index in [0.29, 0.717) is 37.1 Å². The van der Waals surface area contributed by atoms with Gasteiger partial charge in [-0.25, -0.2) is 13.1 Å². The molecular weight excluding hydrogens is 374 g/mol. The van der Waals surface area contributed by atoms with Crippen LogP contribution in [0.15, 0.2) is 46.1 Å². The van der Waals surface area contributed by atoms with Crippen LogP contribution in [-0.2, 0) is 10.0 Å². The number of nitrogens with zero attached hydrogens (tertiary/aromatic N) is 2. The van der Waals surface area contributed by atoms with Gasteiger partial charge in [0.1, 0.15) is 6.26 Å². The van der Waals surface area contributed by atoms with Gasteiger partial charge >= 0.3 is 0 Å². The molecule has 1 aliphatic rings. The number of sulfonamides is 1. The number of aryl methyl sites for hydroxylation is 1. The third-order valence-corrected chi connectivity index (χ3v) is 6.08. The molecule has 27 heavy (non-hydrogen) atoms. The van der Waals surface area contributed by atoms with Crippen molar-refractivity contribution >= 4 is 21.6 Å². The van der Waals surface area contributed by atoms with Gasteiger partial charge in [-0.2, -0.15) is 0 Å². The van der Waals surface area contributed by atoms with Crippen LogP contribution in [0.25, 0.3) is 0 Å². The first-order chi connectivity index (χ1) is 12.8. The summed E-state index contributed by atoms with van der Waals surface area (Å²) in [5.74, 6) is -0.154. The Morgan fingerprint density at radius 3 is 2.59 bits per heavy atom. The zero-order valence-corrected chi connectivity index (χ0v) is 15.4. The van der Waals surface area contributed by atoms with Crippen molar-refractivity contribution in [3.05, 3.63) is 58.0 Å². The lowest BCUT2D eigenvalue weighted by Crippen LogP contribution is -2.46. The molecule has 3 rings (SSSR count). The summed E-state index contributed by atoms with van der Waals surface area (Å²) in [4.78, 5) is 24.2. The van der Waals surface area contributed by atoms with Gasteiger partial charge in [0.25, 0.3) is 11.6 Å². The van der Waals surface area contributed by atoms with Crippen molar-refractivity contribution in [2.45, 2.75) is 30.7 Å². The largest absolute Gasteiger partial charge is 0.472 e. The van der Waals surface area contributed by atoms with Crippen LogP contribution in [0.5, 0.6) is 0 Å². The molecule has 0 aliphatic carbocycles. The number of furan rings is 1. The fourth-order valence-electron chi connectivity index (χ4n) is 3.01. The second kappa shape index (κ2) is 7.49. The molecule has 2 aromatic rings. The van der Waals surface area contributed by atoms with Crippen LogP contribution in [-0.4, -0.2) is 43.3 Å². The van der Waals surface area contributed by atoms with E-state index in [2.05, 4.69) is 4.72 Å². The molecule has 1 saturated heterocycles. The molecule has 1 fully saturated rings. The van der Waals surface area contributed by atoms with Gasteiger partial charge in [-0.05, 0) is 31.9 Å². The summed E-state index contributed by atoms with van der Waals surface area (Å²) in [6, 6.07) is 5.07. The molecule has 1 N–H and O–H groups in total. The van der Waals surface area contributed by atoms with E-state index in [4.69, 9.17) is 4.42 Å². The Morgan fingerprint density at radius 1 is 1.30 bits per heavy atom. The number of piperidine rings is 1.